The number of ether oxygens (including phenoxy) is 2. The first kappa shape index (κ1) is 25.5. The Bertz CT molecular complexity index is 1320. The Morgan fingerprint density at radius 3 is 2.32 bits per heavy atom. The van der Waals surface area contributed by atoms with E-state index in [1.54, 1.807) is 36.3 Å². The minimum Gasteiger partial charge on any atom is -0.507 e. The van der Waals surface area contributed by atoms with Crippen LogP contribution in [0.5, 0.6) is 17.2 Å². The Morgan fingerprint density at radius 2 is 1.61 bits per heavy atom. The number of piperazine rings is 1. The number of aliphatic hydroxyl groups is 1. The third-order valence-corrected chi connectivity index (χ3v) is 6.92. The second-order valence-corrected chi connectivity index (χ2v) is 9.30. The summed E-state index contributed by atoms with van der Waals surface area (Å²) in [5, 5.41) is 14.7. The number of carbonyl (C=O) groups excluding carboxylic acids is 2. The van der Waals surface area contributed by atoms with Crippen molar-refractivity contribution in [3.05, 3.63) is 95.6 Å². The van der Waals surface area contributed by atoms with Crippen LogP contribution in [0, 0.1) is 0 Å². The minimum absolute atomic E-state index is 0.0670. The van der Waals surface area contributed by atoms with E-state index in [1.807, 2.05) is 54.6 Å². The van der Waals surface area contributed by atoms with E-state index < -0.39 is 17.7 Å². The Morgan fingerprint density at radius 1 is 0.895 bits per heavy atom. The van der Waals surface area contributed by atoms with Gasteiger partial charge in [0.25, 0.3) is 11.7 Å². The second kappa shape index (κ2) is 11.5. The van der Waals surface area contributed by atoms with Crippen LogP contribution in [0.1, 0.15) is 17.2 Å². The number of nitrogens with one attached hydrogen (secondary N) is 1. The van der Waals surface area contributed by atoms with Crippen molar-refractivity contribution in [3.63, 3.8) is 0 Å². The number of benzene rings is 3. The summed E-state index contributed by atoms with van der Waals surface area (Å²) in [6.07, 6.45) is 0. The Labute approximate surface area is 222 Å². The number of nitrogens with zero attached hydrogens (tertiary/aromatic N) is 2. The van der Waals surface area contributed by atoms with Crippen molar-refractivity contribution in [2.45, 2.75) is 6.04 Å². The van der Waals surface area contributed by atoms with Crippen LogP contribution in [-0.2, 0) is 9.59 Å². The van der Waals surface area contributed by atoms with Crippen molar-refractivity contribution in [2.75, 3.05) is 46.4 Å². The third kappa shape index (κ3) is 5.41. The van der Waals surface area contributed by atoms with Crippen LogP contribution < -0.4 is 14.8 Å². The summed E-state index contributed by atoms with van der Waals surface area (Å²) < 4.78 is 11.3. The zero-order valence-corrected chi connectivity index (χ0v) is 21.3. The Balaban J connectivity index is 1.53. The van der Waals surface area contributed by atoms with E-state index in [4.69, 9.17) is 9.47 Å². The van der Waals surface area contributed by atoms with E-state index in [-0.39, 0.29) is 11.3 Å². The molecule has 0 unspecified atom stereocenters. The van der Waals surface area contributed by atoms with Crippen LogP contribution in [0.25, 0.3) is 5.76 Å². The first-order valence-corrected chi connectivity index (χ1v) is 12.7. The quantitative estimate of drug-likeness (QED) is 0.269. The zero-order valence-electron chi connectivity index (χ0n) is 21.3. The summed E-state index contributed by atoms with van der Waals surface area (Å²) in [7, 11) is 1.56. The van der Waals surface area contributed by atoms with Gasteiger partial charge in [-0.2, -0.15) is 0 Å². The largest absolute Gasteiger partial charge is 0.507 e. The monoisotopic (exact) mass is 513 g/mol. The van der Waals surface area contributed by atoms with Crippen molar-refractivity contribution < 1.29 is 24.2 Å². The van der Waals surface area contributed by atoms with Gasteiger partial charge in [0, 0.05) is 44.8 Å². The summed E-state index contributed by atoms with van der Waals surface area (Å²) in [5.74, 6) is 0.351. The molecule has 8 nitrogen and oxygen atoms in total. The van der Waals surface area contributed by atoms with Crippen LogP contribution >= 0.6 is 0 Å². The third-order valence-electron chi connectivity index (χ3n) is 6.92. The number of rotatable bonds is 8. The van der Waals surface area contributed by atoms with E-state index in [2.05, 4.69) is 10.2 Å². The van der Waals surface area contributed by atoms with Crippen molar-refractivity contribution in [2.24, 2.45) is 0 Å². The van der Waals surface area contributed by atoms with E-state index >= 15 is 0 Å². The molecule has 0 bridgehead atoms. The lowest BCUT2D eigenvalue weighted by Crippen LogP contribution is -2.46. The van der Waals surface area contributed by atoms with Gasteiger partial charge in [0.05, 0.1) is 18.7 Å². The average molecular weight is 514 g/mol. The molecule has 2 N–H and O–H groups in total. The van der Waals surface area contributed by atoms with Crippen LogP contribution in [0.3, 0.4) is 0 Å². The number of Topliss-reactive ketones (excluding diaryl/α,β-unsaturated/α-hetero) is 1. The van der Waals surface area contributed by atoms with Crippen LogP contribution in [0.2, 0.25) is 0 Å². The second-order valence-electron chi connectivity index (χ2n) is 9.30. The molecule has 0 aromatic heterocycles. The highest BCUT2D eigenvalue weighted by atomic mass is 16.5. The van der Waals surface area contributed by atoms with Gasteiger partial charge in [-0.25, -0.2) is 0 Å². The smallest absolute Gasteiger partial charge is 0.295 e. The normalized spacial score (nSPS) is 19.5. The van der Waals surface area contributed by atoms with Crippen LogP contribution in [-0.4, -0.2) is 73.0 Å². The standard InChI is InChI=1S/C30H31N3O5/c1-37-23-12-10-21(11-13-23)28(34)26-27(22-6-5-9-25(20-22)38-24-7-3-2-4-8-24)33(30(36)29(26)35)19-18-32-16-14-31-15-17-32/h2-13,20,27,31,34H,14-19H2,1H3/b28-26+/t27-/m0/s1. The lowest BCUT2D eigenvalue weighted by molar-refractivity contribution is -0.140. The fraction of sp³-hybridized carbons (Fsp3) is 0.267. The number of methoxy groups -OCH3 is 1. The molecule has 2 aliphatic heterocycles. The molecule has 1 atom stereocenters. The van der Waals surface area contributed by atoms with Crippen LogP contribution in [0.15, 0.2) is 84.4 Å². The summed E-state index contributed by atoms with van der Waals surface area (Å²) in [6, 6.07) is 22.7. The summed E-state index contributed by atoms with van der Waals surface area (Å²) in [4.78, 5) is 30.5. The minimum atomic E-state index is -0.751. The number of para-hydroxylation sites is 1. The maximum Gasteiger partial charge on any atom is 0.295 e. The van der Waals surface area contributed by atoms with Crippen molar-refractivity contribution in [3.8, 4) is 17.2 Å². The van der Waals surface area contributed by atoms with Gasteiger partial charge in [-0.05, 0) is 54.1 Å². The number of hydrogen-bond donors (Lipinski definition) is 2. The highest BCUT2D eigenvalue weighted by Gasteiger charge is 2.46. The fourth-order valence-corrected chi connectivity index (χ4v) is 4.92. The molecule has 38 heavy (non-hydrogen) atoms. The molecular weight excluding hydrogens is 482 g/mol. The first-order chi connectivity index (χ1) is 18.5. The number of carbonyl (C=O) groups is 2. The molecule has 3 aromatic carbocycles. The van der Waals surface area contributed by atoms with Gasteiger partial charge in [0.1, 0.15) is 23.0 Å². The first-order valence-electron chi connectivity index (χ1n) is 12.7. The Kier molecular flexibility index (Phi) is 7.72. The summed E-state index contributed by atoms with van der Waals surface area (Å²) in [5.41, 5.74) is 1.19. The number of hydrogen-bond acceptors (Lipinski definition) is 7. The van der Waals surface area contributed by atoms with E-state index in [0.717, 1.165) is 26.2 Å². The summed E-state index contributed by atoms with van der Waals surface area (Å²) in [6.45, 7) is 4.52. The molecule has 196 valence electrons. The molecule has 0 saturated carbocycles. The maximum absolute atomic E-state index is 13.4. The van der Waals surface area contributed by atoms with E-state index in [1.165, 1.54) is 0 Å². The molecule has 2 saturated heterocycles. The van der Waals surface area contributed by atoms with Gasteiger partial charge in [-0.1, -0.05) is 30.3 Å². The van der Waals surface area contributed by atoms with Crippen molar-refractivity contribution in [1.82, 2.24) is 15.1 Å². The predicted octanol–water partition coefficient (Wildman–Crippen LogP) is 3.81. The highest BCUT2D eigenvalue weighted by molar-refractivity contribution is 6.46. The molecule has 2 aliphatic rings. The van der Waals surface area contributed by atoms with Gasteiger partial charge in [-0.15, -0.1) is 0 Å². The fourth-order valence-electron chi connectivity index (χ4n) is 4.92. The maximum atomic E-state index is 13.4. The summed E-state index contributed by atoms with van der Waals surface area (Å²) >= 11 is 0. The van der Waals surface area contributed by atoms with Crippen LogP contribution in [0.4, 0.5) is 0 Å². The molecule has 0 radical (unpaired) electrons. The Hall–Kier alpha value is -4.14. The number of aliphatic hydroxyl groups excluding tert-OH is 1. The molecule has 1 amide bonds. The number of ketones is 1. The van der Waals surface area contributed by atoms with Crippen molar-refractivity contribution >= 4 is 17.4 Å². The molecule has 8 heteroatoms. The molecular formula is C30H31N3O5. The molecule has 3 aromatic rings. The average Bonchev–Trinajstić information content (AvgIpc) is 3.22. The van der Waals surface area contributed by atoms with Gasteiger partial charge >= 0.3 is 0 Å². The zero-order chi connectivity index (χ0) is 26.5. The lowest BCUT2D eigenvalue weighted by Gasteiger charge is -2.31. The van der Waals surface area contributed by atoms with Gasteiger partial charge < -0.3 is 24.8 Å². The SMILES string of the molecule is COc1ccc(/C(O)=C2\C(=O)C(=O)N(CCN3CCNCC3)[C@H]2c2cccc(Oc3ccccc3)c2)cc1. The number of likely N-dealkylation sites (tertiary alicyclic amines) is 1. The molecule has 0 aliphatic carbocycles. The molecule has 5 rings (SSSR count). The topological polar surface area (TPSA) is 91.3 Å². The van der Waals surface area contributed by atoms with Crippen molar-refractivity contribution in [1.29, 1.82) is 0 Å². The molecule has 2 heterocycles. The number of amides is 1. The van der Waals surface area contributed by atoms with E-state index in [9.17, 15) is 14.7 Å². The molecule has 2 fully saturated rings. The lowest BCUT2D eigenvalue weighted by atomic mass is 9.95. The van der Waals surface area contributed by atoms with Gasteiger partial charge in [0.2, 0.25) is 0 Å². The van der Waals surface area contributed by atoms with E-state index in [0.29, 0.717) is 41.5 Å². The van der Waals surface area contributed by atoms with Gasteiger partial charge in [-0.3, -0.25) is 14.5 Å². The predicted molar refractivity (Wildman–Crippen MR) is 144 cm³/mol. The highest BCUT2D eigenvalue weighted by Crippen LogP contribution is 2.40. The molecule has 0 spiro atoms. The van der Waals surface area contributed by atoms with Gasteiger partial charge in [0.15, 0.2) is 0 Å².